The first-order chi connectivity index (χ1) is 10.6. The van der Waals surface area contributed by atoms with Crippen molar-refractivity contribution in [1.29, 1.82) is 0 Å². The molecular weight excluding hydrogens is 296 g/mol. The third-order valence-corrected chi connectivity index (χ3v) is 4.37. The molecule has 3 aromatic rings. The molecule has 22 heavy (non-hydrogen) atoms. The van der Waals surface area contributed by atoms with E-state index in [1.54, 1.807) is 17.1 Å². The van der Waals surface area contributed by atoms with E-state index in [1.807, 2.05) is 43.6 Å². The van der Waals surface area contributed by atoms with Gasteiger partial charge in [0.05, 0.1) is 22.8 Å². The van der Waals surface area contributed by atoms with Crippen LogP contribution in [-0.2, 0) is 13.6 Å². The van der Waals surface area contributed by atoms with E-state index in [1.165, 1.54) is 11.3 Å². The smallest absolute Gasteiger partial charge is 0.261 e. The maximum atomic E-state index is 12.1. The molecule has 6 heteroatoms. The summed E-state index contributed by atoms with van der Waals surface area (Å²) in [4.78, 5) is 16.9. The van der Waals surface area contributed by atoms with Crippen molar-refractivity contribution in [2.45, 2.75) is 13.5 Å². The highest BCUT2D eigenvalue weighted by molar-refractivity contribution is 7.12. The molecule has 0 aromatic carbocycles. The van der Waals surface area contributed by atoms with Crippen LogP contribution in [0.2, 0.25) is 0 Å². The quantitative estimate of drug-likeness (QED) is 0.806. The van der Waals surface area contributed by atoms with Gasteiger partial charge in [-0.25, -0.2) is 0 Å². The molecule has 0 aliphatic heterocycles. The Labute approximate surface area is 132 Å². The van der Waals surface area contributed by atoms with Crippen molar-refractivity contribution >= 4 is 17.2 Å². The molecule has 3 aromatic heterocycles. The number of pyridine rings is 1. The summed E-state index contributed by atoms with van der Waals surface area (Å²) < 4.78 is 1.78. The van der Waals surface area contributed by atoms with Crippen molar-refractivity contribution < 1.29 is 4.79 Å². The first kappa shape index (κ1) is 14.5. The molecule has 0 unspecified atom stereocenters. The molecule has 0 aliphatic rings. The monoisotopic (exact) mass is 312 g/mol. The molecule has 0 saturated carbocycles. The zero-order chi connectivity index (χ0) is 15.5. The number of carbonyl (C=O) groups is 1. The maximum Gasteiger partial charge on any atom is 0.261 e. The van der Waals surface area contributed by atoms with Gasteiger partial charge in [-0.3, -0.25) is 14.5 Å². The molecule has 3 heterocycles. The minimum absolute atomic E-state index is 0.0535. The van der Waals surface area contributed by atoms with Gasteiger partial charge in [0.25, 0.3) is 5.91 Å². The summed E-state index contributed by atoms with van der Waals surface area (Å²) in [6, 6.07) is 7.71. The summed E-state index contributed by atoms with van der Waals surface area (Å²) in [6.07, 6.45) is 3.51. The first-order valence-electron chi connectivity index (χ1n) is 6.90. The van der Waals surface area contributed by atoms with Gasteiger partial charge in [0.15, 0.2) is 0 Å². The number of nitrogens with one attached hydrogen (secondary N) is 1. The Hall–Kier alpha value is -2.47. The largest absolute Gasteiger partial charge is 0.346 e. The van der Waals surface area contributed by atoms with Gasteiger partial charge in [-0.05, 0) is 42.1 Å². The maximum absolute atomic E-state index is 12.1. The van der Waals surface area contributed by atoms with Crippen LogP contribution < -0.4 is 5.32 Å². The van der Waals surface area contributed by atoms with Gasteiger partial charge >= 0.3 is 0 Å². The van der Waals surface area contributed by atoms with Crippen LogP contribution in [0.5, 0.6) is 0 Å². The molecule has 0 atom stereocenters. The lowest BCUT2D eigenvalue weighted by Gasteiger charge is -2.03. The van der Waals surface area contributed by atoms with E-state index in [9.17, 15) is 4.79 Å². The SMILES string of the molecule is Cc1csc(C(=O)NCc2cc(-c3cccnc3)nn2C)c1. The van der Waals surface area contributed by atoms with Crippen molar-refractivity contribution in [1.82, 2.24) is 20.1 Å². The van der Waals surface area contributed by atoms with Crippen LogP contribution in [0.25, 0.3) is 11.3 Å². The lowest BCUT2D eigenvalue weighted by molar-refractivity contribution is 0.0954. The number of thiophene rings is 1. The molecule has 5 nitrogen and oxygen atoms in total. The van der Waals surface area contributed by atoms with E-state index in [0.717, 1.165) is 27.4 Å². The summed E-state index contributed by atoms with van der Waals surface area (Å²) in [5, 5.41) is 9.36. The van der Waals surface area contributed by atoms with Crippen LogP contribution in [0.3, 0.4) is 0 Å². The van der Waals surface area contributed by atoms with E-state index in [2.05, 4.69) is 15.4 Å². The van der Waals surface area contributed by atoms with Gasteiger partial charge in [-0.2, -0.15) is 5.10 Å². The lowest BCUT2D eigenvalue weighted by Crippen LogP contribution is -2.23. The number of amides is 1. The molecule has 0 fully saturated rings. The molecule has 0 spiro atoms. The Morgan fingerprint density at radius 1 is 1.41 bits per heavy atom. The number of nitrogens with zero attached hydrogens (tertiary/aromatic N) is 3. The first-order valence-corrected chi connectivity index (χ1v) is 7.78. The predicted octanol–water partition coefficient (Wildman–Crippen LogP) is 2.78. The van der Waals surface area contributed by atoms with Crippen molar-refractivity contribution in [3.63, 3.8) is 0 Å². The molecule has 0 aliphatic carbocycles. The van der Waals surface area contributed by atoms with Gasteiger partial charge in [0.1, 0.15) is 0 Å². The van der Waals surface area contributed by atoms with Gasteiger partial charge in [-0.15, -0.1) is 11.3 Å². The Morgan fingerprint density at radius 3 is 2.95 bits per heavy atom. The Bertz CT molecular complexity index is 792. The fourth-order valence-corrected chi connectivity index (χ4v) is 2.95. The predicted molar refractivity (Wildman–Crippen MR) is 86.7 cm³/mol. The Morgan fingerprint density at radius 2 is 2.27 bits per heavy atom. The molecular formula is C16H16N4OS. The molecule has 3 rings (SSSR count). The minimum atomic E-state index is -0.0535. The number of carbonyl (C=O) groups excluding carboxylic acids is 1. The highest BCUT2D eigenvalue weighted by Crippen LogP contribution is 2.18. The second-order valence-corrected chi connectivity index (χ2v) is 5.97. The molecule has 0 saturated heterocycles. The molecule has 1 amide bonds. The minimum Gasteiger partial charge on any atom is -0.346 e. The molecule has 1 N–H and O–H groups in total. The average molecular weight is 312 g/mol. The van der Waals surface area contributed by atoms with Gasteiger partial charge in [0, 0.05) is 25.0 Å². The van der Waals surface area contributed by atoms with E-state index >= 15 is 0 Å². The van der Waals surface area contributed by atoms with Crippen LogP contribution >= 0.6 is 11.3 Å². The Balaban J connectivity index is 1.71. The number of aromatic nitrogens is 3. The van der Waals surface area contributed by atoms with Crippen molar-refractivity contribution in [2.75, 3.05) is 0 Å². The highest BCUT2D eigenvalue weighted by Gasteiger charge is 2.11. The van der Waals surface area contributed by atoms with E-state index in [4.69, 9.17) is 0 Å². The number of rotatable bonds is 4. The average Bonchev–Trinajstić information content (AvgIpc) is 3.12. The second-order valence-electron chi connectivity index (χ2n) is 5.06. The summed E-state index contributed by atoms with van der Waals surface area (Å²) in [7, 11) is 1.87. The number of aryl methyl sites for hydroxylation is 2. The van der Waals surface area contributed by atoms with Gasteiger partial charge < -0.3 is 5.32 Å². The molecule has 0 bridgehead atoms. The van der Waals surface area contributed by atoms with E-state index in [0.29, 0.717) is 6.54 Å². The van der Waals surface area contributed by atoms with Gasteiger partial charge in [-0.1, -0.05) is 0 Å². The van der Waals surface area contributed by atoms with Crippen molar-refractivity contribution in [3.8, 4) is 11.3 Å². The van der Waals surface area contributed by atoms with E-state index in [-0.39, 0.29) is 5.91 Å². The van der Waals surface area contributed by atoms with Crippen LogP contribution in [0.1, 0.15) is 20.9 Å². The van der Waals surface area contributed by atoms with Crippen LogP contribution in [0, 0.1) is 6.92 Å². The molecule has 0 radical (unpaired) electrons. The van der Waals surface area contributed by atoms with E-state index < -0.39 is 0 Å². The fraction of sp³-hybridized carbons (Fsp3) is 0.188. The van der Waals surface area contributed by atoms with Crippen LogP contribution in [0.4, 0.5) is 0 Å². The standard InChI is InChI=1S/C16H16N4OS/c1-11-6-15(22-10-11)16(21)18-9-13-7-14(19-20(13)2)12-4-3-5-17-8-12/h3-8,10H,9H2,1-2H3,(H,18,21). The summed E-state index contributed by atoms with van der Waals surface area (Å²) in [5.41, 5.74) is 3.87. The topological polar surface area (TPSA) is 59.8 Å². The summed E-state index contributed by atoms with van der Waals surface area (Å²) in [6.45, 7) is 2.42. The molecule has 112 valence electrons. The highest BCUT2D eigenvalue weighted by atomic mass is 32.1. The zero-order valence-corrected chi connectivity index (χ0v) is 13.2. The van der Waals surface area contributed by atoms with Crippen LogP contribution in [0.15, 0.2) is 42.0 Å². The Kier molecular flexibility index (Phi) is 4.02. The van der Waals surface area contributed by atoms with Crippen LogP contribution in [-0.4, -0.2) is 20.7 Å². The van der Waals surface area contributed by atoms with Crippen molar-refractivity contribution in [2.24, 2.45) is 7.05 Å². The number of hydrogen-bond acceptors (Lipinski definition) is 4. The van der Waals surface area contributed by atoms with Gasteiger partial charge in [0.2, 0.25) is 0 Å². The normalized spacial score (nSPS) is 10.6. The lowest BCUT2D eigenvalue weighted by atomic mass is 10.2. The second kappa shape index (κ2) is 6.11. The fourth-order valence-electron chi connectivity index (χ4n) is 2.13. The summed E-state index contributed by atoms with van der Waals surface area (Å²) in [5.74, 6) is -0.0535. The third-order valence-electron chi connectivity index (χ3n) is 3.32. The third kappa shape index (κ3) is 3.07. The number of hydrogen-bond donors (Lipinski definition) is 1. The van der Waals surface area contributed by atoms with Crippen molar-refractivity contribution in [3.05, 3.63) is 58.2 Å². The zero-order valence-electron chi connectivity index (χ0n) is 12.4. The summed E-state index contributed by atoms with van der Waals surface area (Å²) >= 11 is 1.46.